The zero-order valence-electron chi connectivity index (χ0n) is 18.6. The zero-order chi connectivity index (χ0) is 20.6. The number of hydrogen-bond acceptors (Lipinski definition) is 3. The van der Waals surface area contributed by atoms with E-state index in [4.69, 9.17) is 9.16 Å². The first-order chi connectivity index (χ1) is 11.7. The van der Waals surface area contributed by atoms with Gasteiger partial charge >= 0.3 is 6.09 Å². The molecule has 0 fully saturated rings. The van der Waals surface area contributed by atoms with Crippen LogP contribution < -0.4 is 5.32 Å². The molecule has 1 N–H and O–H groups in total. The monoisotopic (exact) mass is 383 g/mol. The number of alkyl carbamates (subject to hydrolysis) is 1. The lowest BCUT2D eigenvalue weighted by Crippen LogP contribution is -2.44. The highest BCUT2D eigenvalue weighted by Gasteiger charge is 2.39. The maximum absolute atomic E-state index is 11.6. The smallest absolute Gasteiger partial charge is 0.407 e. The van der Waals surface area contributed by atoms with Gasteiger partial charge in [-0.2, -0.15) is 0 Å². The number of rotatable bonds is 8. The summed E-state index contributed by atoms with van der Waals surface area (Å²) in [6.45, 7) is 21.8. The Morgan fingerprint density at radius 3 is 2.15 bits per heavy atom. The first-order valence-electron chi connectivity index (χ1n) is 9.67. The van der Waals surface area contributed by atoms with Crippen molar-refractivity contribution in [3.63, 3.8) is 0 Å². The van der Waals surface area contributed by atoms with Crippen LogP contribution in [0.2, 0.25) is 18.1 Å². The van der Waals surface area contributed by atoms with E-state index in [0.717, 1.165) is 6.42 Å². The Labute approximate surface area is 162 Å². The molecule has 2 atom stereocenters. The van der Waals surface area contributed by atoms with Gasteiger partial charge in [0.25, 0.3) is 0 Å². The van der Waals surface area contributed by atoms with Crippen molar-refractivity contribution in [3.05, 3.63) is 24.3 Å². The number of carbonyl (C=O) groups is 1. The maximum atomic E-state index is 11.6. The average molecular weight is 384 g/mol. The van der Waals surface area contributed by atoms with Gasteiger partial charge in [-0.1, -0.05) is 65.3 Å². The molecular weight excluding hydrogens is 342 g/mol. The number of amides is 1. The van der Waals surface area contributed by atoms with E-state index in [-0.39, 0.29) is 11.1 Å². The molecule has 1 amide bonds. The molecule has 0 saturated heterocycles. The van der Waals surface area contributed by atoms with Crippen molar-refractivity contribution in [2.75, 3.05) is 6.54 Å². The lowest BCUT2D eigenvalue weighted by Gasteiger charge is -2.40. The van der Waals surface area contributed by atoms with Crippen molar-refractivity contribution in [3.8, 4) is 0 Å². The van der Waals surface area contributed by atoms with Gasteiger partial charge in [-0.3, -0.25) is 0 Å². The number of hydrogen-bond donors (Lipinski definition) is 1. The van der Waals surface area contributed by atoms with Crippen molar-refractivity contribution in [2.24, 2.45) is 5.92 Å². The second-order valence-electron chi connectivity index (χ2n) is 9.42. The van der Waals surface area contributed by atoms with Gasteiger partial charge in [0.2, 0.25) is 0 Å². The molecule has 0 saturated carbocycles. The lowest BCUT2D eigenvalue weighted by molar-refractivity contribution is 0.0534. The molecule has 5 heteroatoms. The molecule has 0 aliphatic rings. The van der Waals surface area contributed by atoms with Crippen LogP contribution in [-0.4, -0.2) is 32.7 Å². The van der Waals surface area contributed by atoms with Gasteiger partial charge < -0.3 is 14.5 Å². The highest BCUT2D eigenvalue weighted by atomic mass is 28.4. The van der Waals surface area contributed by atoms with Gasteiger partial charge in [-0.05, 0) is 44.8 Å². The predicted molar refractivity (Wildman–Crippen MR) is 114 cm³/mol. The minimum atomic E-state index is -1.81. The van der Waals surface area contributed by atoms with Gasteiger partial charge in [0.1, 0.15) is 5.60 Å². The Balaban J connectivity index is 4.67. The third-order valence-corrected chi connectivity index (χ3v) is 9.23. The van der Waals surface area contributed by atoms with Crippen LogP contribution in [0.4, 0.5) is 4.79 Å². The number of nitrogens with one attached hydrogen (secondary N) is 1. The van der Waals surface area contributed by atoms with Crippen LogP contribution in [-0.2, 0) is 9.16 Å². The van der Waals surface area contributed by atoms with Crippen molar-refractivity contribution < 1.29 is 14.0 Å². The lowest BCUT2D eigenvalue weighted by atomic mass is 10.0. The summed E-state index contributed by atoms with van der Waals surface area (Å²) in [7, 11) is -1.81. The Morgan fingerprint density at radius 1 is 1.12 bits per heavy atom. The van der Waals surface area contributed by atoms with E-state index in [0.29, 0.717) is 12.5 Å². The van der Waals surface area contributed by atoms with E-state index in [1.807, 2.05) is 39.0 Å². The molecule has 0 radical (unpaired) electrons. The molecular formula is C21H41NO3Si. The average Bonchev–Trinajstić information content (AvgIpc) is 2.45. The normalized spacial score (nSPS) is 16.1. The van der Waals surface area contributed by atoms with Crippen LogP contribution in [0, 0.1) is 5.92 Å². The Morgan fingerprint density at radius 2 is 1.69 bits per heavy atom. The van der Waals surface area contributed by atoms with E-state index in [1.54, 1.807) is 0 Å². The summed E-state index contributed by atoms with van der Waals surface area (Å²) in [5.41, 5.74) is -0.474. The summed E-state index contributed by atoms with van der Waals surface area (Å²) < 4.78 is 11.8. The predicted octanol–water partition coefficient (Wildman–Crippen LogP) is 6.06. The van der Waals surface area contributed by atoms with Crippen molar-refractivity contribution in [1.82, 2.24) is 5.32 Å². The van der Waals surface area contributed by atoms with Crippen LogP contribution in [0.25, 0.3) is 0 Å². The van der Waals surface area contributed by atoms with Crippen LogP contribution in [0.15, 0.2) is 24.3 Å². The molecule has 26 heavy (non-hydrogen) atoms. The molecule has 0 bridgehead atoms. The molecule has 152 valence electrons. The topological polar surface area (TPSA) is 47.6 Å². The van der Waals surface area contributed by atoms with Crippen molar-refractivity contribution in [1.29, 1.82) is 0 Å². The molecule has 0 aromatic carbocycles. The molecule has 0 heterocycles. The minimum Gasteiger partial charge on any atom is -0.444 e. The summed E-state index contributed by atoms with van der Waals surface area (Å²) >= 11 is 0. The van der Waals surface area contributed by atoms with E-state index < -0.39 is 20.0 Å². The molecule has 4 nitrogen and oxygen atoms in total. The third-order valence-electron chi connectivity index (χ3n) is 4.75. The molecule has 0 unspecified atom stereocenters. The van der Waals surface area contributed by atoms with Gasteiger partial charge in [-0.25, -0.2) is 4.79 Å². The van der Waals surface area contributed by atoms with Crippen LogP contribution >= 0.6 is 0 Å². The highest BCUT2D eigenvalue weighted by molar-refractivity contribution is 6.74. The quantitative estimate of drug-likeness (QED) is 0.409. The zero-order valence-corrected chi connectivity index (χ0v) is 19.6. The molecule has 0 aromatic heterocycles. The molecule has 0 aromatic rings. The van der Waals surface area contributed by atoms with Gasteiger partial charge in [-0.15, -0.1) is 0 Å². The first-order valence-corrected chi connectivity index (χ1v) is 12.6. The second-order valence-corrected chi connectivity index (χ2v) is 14.2. The molecule has 0 aliphatic carbocycles. The van der Waals surface area contributed by atoms with Crippen LogP contribution in [0.5, 0.6) is 0 Å². The van der Waals surface area contributed by atoms with E-state index in [9.17, 15) is 4.79 Å². The number of allylic oxidation sites excluding steroid dienone is 2. The van der Waals surface area contributed by atoms with Gasteiger partial charge in [0.15, 0.2) is 8.32 Å². The van der Waals surface area contributed by atoms with Gasteiger partial charge in [0, 0.05) is 6.54 Å². The van der Waals surface area contributed by atoms with Crippen LogP contribution in [0.1, 0.15) is 61.8 Å². The molecule has 0 rings (SSSR count). The molecule has 0 spiro atoms. The number of carbonyl (C=O) groups excluding carboxylic acids is 1. The maximum Gasteiger partial charge on any atom is 0.407 e. The first kappa shape index (κ1) is 24.9. The van der Waals surface area contributed by atoms with Gasteiger partial charge in [0.05, 0.1) is 6.10 Å². The number of ether oxygens (including phenoxy) is 1. The standard InChI is InChI=1S/C21H41NO3Si/c1-11-17(2)18(25-26(9,10)21(6,7)8)15-13-12-14-16-22-19(23)24-20(3,4)5/h12-15,17-18H,11,16H2,1-10H3,(H,22,23)/b14-12?,15-13+/t17-,18-/m1/s1. The summed E-state index contributed by atoms with van der Waals surface area (Å²) in [5.74, 6) is 0.466. The summed E-state index contributed by atoms with van der Waals surface area (Å²) in [4.78, 5) is 11.6. The summed E-state index contributed by atoms with van der Waals surface area (Å²) in [6.07, 6.45) is 8.80. The third kappa shape index (κ3) is 10.2. The SMILES string of the molecule is CC[C@@H](C)[C@@H](/C=C/C=CCNC(=O)OC(C)(C)C)O[Si](C)(C)C(C)(C)C. The summed E-state index contributed by atoms with van der Waals surface area (Å²) in [5, 5.41) is 2.91. The second kappa shape index (κ2) is 10.3. The fourth-order valence-corrected chi connectivity index (χ4v) is 3.22. The highest BCUT2D eigenvalue weighted by Crippen LogP contribution is 2.38. The van der Waals surface area contributed by atoms with E-state index in [1.165, 1.54) is 0 Å². The van der Waals surface area contributed by atoms with Crippen LogP contribution in [0.3, 0.4) is 0 Å². The Hall–Kier alpha value is -1.07. The largest absolute Gasteiger partial charge is 0.444 e. The van der Waals surface area contributed by atoms with Crippen molar-refractivity contribution >= 4 is 14.4 Å². The van der Waals surface area contributed by atoms with Crippen molar-refractivity contribution in [2.45, 2.75) is 91.6 Å². The van der Waals surface area contributed by atoms with E-state index in [2.05, 4.69) is 59.1 Å². The summed E-state index contributed by atoms with van der Waals surface area (Å²) in [6, 6.07) is 0. The Bertz CT molecular complexity index is 484. The van der Waals surface area contributed by atoms with E-state index >= 15 is 0 Å². The Kier molecular flexibility index (Phi) is 9.88. The fourth-order valence-electron chi connectivity index (χ4n) is 1.87. The molecule has 0 aliphatic heterocycles. The fraction of sp³-hybridized carbons (Fsp3) is 0.762. The minimum absolute atomic E-state index is 0.115.